The van der Waals surface area contributed by atoms with Gasteiger partial charge in [-0.05, 0) is 50.3 Å². The molecule has 0 unspecified atom stereocenters. The molecule has 3 rings (SSSR count). The molecule has 162 valence electrons. The van der Waals surface area contributed by atoms with Gasteiger partial charge in [0.15, 0.2) is 0 Å². The molecule has 2 aromatic rings. The number of benzene rings is 1. The summed E-state index contributed by atoms with van der Waals surface area (Å²) in [5, 5.41) is 2.82. The van der Waals surface area contributed by atoms with Crippen LogP contribution in [0, 0.1) is 0 Å². The van der Waals surface area contributed by atoms with Crippen molar-refractivity contribution in [2.45, 2.75) is 18.7 Å². The maximum absolute atomic E-state index is 13.0. The Hall–Kier alpha value is -2.62. The number of carbonyl (C=O) groups is 1. The van der Waals surface area contributed by atoms with E-state index in [0.29, 0.717) is 37.8 Å². The number of hydrogen-bond donors (Lipinski definition) is 1. The van der Waals surface area contributed by atoms with E-state index in [1.54, 1.807) is 30.3 Å². The number of amides is 1. The van der Waals surface area contributed by atoms with Crippen LogP contribution in [0.3, 0.4) is 0 Å². The van der Waals surface area contributed by atoms with Gasteiger partial charge in [-0.1, -0.05) is 0 Å². The third kappa shape index (κ3) is 5.10. The van der Waals surface area contributed by atoms with Crippen molar-refractivity contribution in [3.8, 4) is 0 Å². The van der Waals surface area contributed by atoms with Gasteiger partial charge in [0.1, 0.15) is 5.76 Å². The van der Waals surface area contributed by atoms with Gasteiger partial charge in [-0.15, -0.1) is 0 Å². The Morgan fingerprint density at radius 2 is 1.93 bits per heavy atom. The molecule has 1 aromatic heterocycles. The molecule has 8 nitrogen and oxygen atoms in total. The molecule has 1 fully saturated rings. The monoisotopic (exact) mass is 433 g/mol. The number of ether oxygens (including phenoxy) is 1. The van der Waals surface area contributed by atoms with Gasteiger partial charge in [0, 0.05) is 32.3 Å². The number of furan rings is 1. The Bertz CT molecular complexity index is 976. The minimum atomic E-state index is -3.67. The zero-order chi connectivity index (χ0) is 21.6. The van der Waals surface area contributed by atoms with Crippen molar-refractivity contribution in [3.63, 3.8) is 0 Å². The molecule has 0 bridgehead atoms. The maximum Gasteiger partial charge on any atom is 0.248 e. The smallest absolute Gasteiger partial charge is 0.248 e. The predicted molar refractivity (Wildman–Crippen MR) is 116 cm³/mol. The molecule has 1 amide bonds. The molecule has 2 heterocycles. The number of morpholine rings is 1. The first-order chi connectivity index (χ1) is 14.5. The Labute approximate surface area is 177 Å². The maximum atomic E-state index is 13.0. The Morgan fingerprint density at radius 1 is 1.20 bits per heavy atom. The van der Waals surface area contributed by atoms with Crippen LogP contribution in [0.4, 0.5) is 11.4 Å². The summed E-state index contributed by atoms with van der Waals surface area (Å²) < 4.78 is 37.9. The zero-order valence-corrected chi connectivity index (χ0v) is 18.0. The first kappa shape index (κ1) is 22.1. The van der Waals surface area contributed by atoms with Crippen molar-refractivity contribution in [2.75, 3.05) is 49.6 Å². The van der Waals surface area contributed by atoms with E-state index in [-0.39, 0.29) is 10.8 Å². The standard InChI is InChI=1S/C21H27N3O5S/c1-3-23(4-2)20-9-8-18(30(26,27)24-11-14-28-15-12-24)16-19(20)22-21(25)10-7-17-6-5-13-29-17/h5-10,13,16H,3-4,11-12,14-15H2,1-2H3,(H,22,25)/b10-7+. The van der Waals surface area contributed by atoms with Crippen LogP contribution < -0.4 is 10.2 Å². The van der Waals surface area contributed by atoms with E-state index >= 15 is 0 Å². The third-order valence-corrected chi connectivity index (χ3v) is 6.77. The molecule has 1 aliphatic heterocycles. The topological polar surface area (TPSA) is 92.1 Å². The second-order valence-corrected chi connectivity index (χ2v) is 8.64. The van der Waals surface area contributed by atoms with E-state index in [4.69, 9.17) is 9.15 Å². The molecular formula is C21H27N3O5S. The lowest BCUT2D eigenvalue weighted by atomic mass is 10.2. The highest BCUT2D eigenvalue weighted by Gasteiger charge is 2.27. The SMILES string of the molecule is CCN(CC)c1ccc(S(=O)(=O)N2CCOCC2)cc1NC(=O)/C=C/c1ccco1. The first-order valence-electron chi connectivity index (χ1n) is 9.95. The fraction of sp³-hybridized carbons (Fsp3) is 0.381. The van der Waals surface area contributed by atoms with Gasteiger partial charge in [-0.2, -0.15) is 4.31 Å². The zero-order valence-electron chi connectivity index (χ0n) is 17.2. The van der Waals surface area contributed by atoms with E-state index in [0.717, 1.165) is 18.8 Å². The largest absolute Gasteiger partial charge is 0.465 e. The molecule has 9 heteroatoms. The van der Waals surface area contributed by atoms with Gasteiger partial charge >= 0.3 is 0 Å². The first-order valence-corrected chi connectivity index (χ1v) is 11.4. The molecule has 0 atom stereocenters. The summed E-state index contributed by atoms with van der Waals surface area (Å²) in [6.45, 7) is 6.82. The minimum Gasteiger partial charge on any atom is -0.465 e. The third-order valence-electron chi connectivity index (χ3n) is 4.88. The average molecular weight is 434 g/mol. The van der Waals surface area contributed by atoms with Crippen molar-refractivity contribution in [1.82, 2.24) is 4.31 Å². The van der Waals surface area contributed by atoms with Crippen LogP contribution in [0.15, 0.2) is 52.0 Å². The lowest BCUT2D eigenvalue weighted by Gasteiger charge is -2.28. The fourth-order valence-electron chi connectivity index (χ4n) is 3.27. The predicted octanol–water partition coefficient (Wildman–Crippen LogP) is 2.80. The number of hydrogen-bond acceptors (Lipinski definition) is 6. The lowest BCUT2D eigenvalue weighted by Crippen LogP contribution is -2.40. The number of carbonyl (C=O) groups excluding carboxylic acids is 1. The summed E-state index contributed by atoms with van der Waals surface area (Å²) in [5.74, 6) is 0.179. The highest BCUT2D eigenvalue weighted by Crippen LogP contribution is 2.30. The molecule has 30 heavy (non-hydrogen) atoms. The summed E-state index contributed by atoms with van der Waals surface area (Å²) in [4.78, 5) is 14.7. The second kappa shape index (κ2) is 9.92. The minimum absolute atomic E-state index is 0.144. The van der Waals surface area contributed by atoms with E-state index in [1.165, 1.54) is 22.7 Å². The lowest BCUT2D eigenvalue weighted by molar-refractivity contribution is -0.111. The molecule has 0 aliphatic carbocycles. The van der Waals surface area contributed by atoms with Crippen molar-refractivity contribution in [3.05, 3.63) is 48.4 Å². The van der Waals surface area contributed by atoms with Crippen LogP contribution in [-0.4, -0.2) is 58.0 Å². The van der Waals surface area contributed by atoms with E-state index in [2.05, 4.69) is 10.2 Å². The average Bonchev–Trinajstić information content (AvgIpc) is 3.28. The Balaban J connectivity index is 1.91. The van der Waals surface area contributed by atoms with Crippen LogP contribution >= 0.6 is 0 Å². The number of rotatable bonds is 8. The van der Waals surface area contributed by atoms with Gasteiger partial charge in [0.2, 0.25) is 15.9 Å². The number of nitrogens with zero attached hydrogens (tertiary/aromatic N) is 2. The second-order valence-electron chi connectivity index (χ2n) is 6.71. The van der Waals surface area contributed by atoms with Gasteiger partial charge < -0.3 is 19.4 Å². The highest BCUT2D eigenvalue weighted by atomic mass is 32.2. The molecule has 0 saturated carbocycles. The van der Waals surface area contributed by atoms with E-state index < -0.39 is 10.0 Å². The van der Waals surface area contributed by atoms with Gasteiger partial charge in [-0.3, -0.25) is 4.79 Å². The summed E-state index contributed by atoms with van der Waals surface area (Å²) >= 11 is 0. The van der Waals surface area contributed by atoms with Crippen LogP contribution in [0.25, 0.3) is 6.08 Å². The molecule has 1 N–H and O–H groups in total. The van der Waals surface area contributed by atoms with Crippen LogP contribution in [0.5, 0.6) is 0 Å². The molecule has 1 saturated heterocycles. The molecule has 1 aliphatic rings. The fourth-order valence-corrected chi connectivity index (χ4v) is 4.70. The molecule has 0 spiro atoms. The summed E-state index contributed by atoms with van der Waals surface area (Å²) in [7, 11) is -3.67. The summed E-state index contributed by atoms with van der Waals surface area (Å²) in [6.07, 6.45) is 4.44. The molecule has 1 aromatic carbocycles. The highest BCUT2D eigenvalue weighted by molar-refractivity contribution is 7.89. The Kier molecular flexibility index (Phi) is 7.30. The summed E-state index contributed by atoms with van der Waals surface area (Å²) in [6, 6.07) is 8.33. The van der Waals surface area contributed by atoms with Crippen molar-refractivity contribution >= 4 is 33.4 Å². The van der Waals surface area contributed by atoms with Gasteiger partial charge in [0.25, 0.3) is 0 Å². The molecule has 0 radical (unpaired) electrons. The Morgan fingerprint density at radius 3 is 2.57 bits per heavy atom. The van der Waals surface area contributed by atoms with Crippen LogP contribution in [0.2, 0.25) is 0 Å². The van der Waals surface area contributed by atoms with Crippen LogP contribution in [-0.2, 0) is 19.6 Å². The van der Waals surface area contributed by atoms with E-state index in [1.807, 2.05) is 13.8 Å². The van der Waals surface area contributed by atoms with E-state index in [9.17, 15) is 13.2 Å². The number of anilines is 2. The van der Waals surface area contributed by atoms with Crippen molar-refractivity contribution in [1.29, 1.82) is 0 Å². The number of sulfonamides is 1. The number of nitrogens with one attached hydrogen (secondary N) is 1. The van der Waals surface area contributed by atoms with Crippen molar-refractivity contribution in [2.24, 2.45) is 0 Å². The van der Waals surface area contributed by atoms with Crippen molar-refractivity contribution < 1.29 is 22.4 Å². The van der Waals surface area contributed by atoms with Gasteiger partial charge in [0.05, 0.1) is 35.7 Å². The van der Waals surface area contributed by atoms with Crippen LogP contribution in [0.1, 0.15) is 19.6 Å². The van der Waals surface area contributed by atoms with Gasteiger partial charge in [-0.25, -0.2) is 8.42 Å². The quantitative estimate of drug-likeness (QED) is 0.644. The summed E-state index contributed by atoms with van der Waals surface area (Å²) in [5.41, 5.74) is 1.21. The normalized spacial score (nSPS) is 15.4. The molecular weight excluding hydrogens is 406 g/mol.